The van der Waals surface area contributed by atoms with Gasteiger partial charge >= 0.3 is 0 Å². The van der Waals surface area contributed by atoms with Crippen molar-refractivity contribution in [1.82, 2.24) is 9.55 Å². The lowest BCUT2D eigenvalue weighted by atomic mass is 10.1. The average Bonchev–Trinajstić information content (AvgIpc) is 3.02. The Kier molecular flexibility index (Phi) is 3.22. The minimum Gasteiger partial charge on any atom is -0.454 e. The van der Waals surface area contributed by atoms with Gasteiger partial charge in [-0.1, -0.05) is 18.5 Å². The Balaban J connectivity index is 2.14. The van der Waals surface area contributed by atoms with Crippen molar-refractivity contribution in [3.05, 3.63) is 23.0 Å². The van der Waals surface area contributed by atoms with Crippen LogP contribution in [0.4, 0.5) is 5.82 Å². The summed E-state index contributed by atoms with van der Waals surface area (Å²) in [6, 6.07) is 3.68. The molecular weight excluding hydrogens is 278 g/mol. The lowest BCUT2D eigenvalue weighted by Crippen LogP contribution is -2.04. The van der Waals surface area contributed by atoms with E-state index in [1.54, 1.807) is 0 Å². The molecule has 2 heterocycles. The van der Waals surface area contributed by atoms with Crippen molar-refractivity contribution in [2.45, 2.75) is 26.8 Å². The van der Waals surface area contributed by atoms with Crippen molar-refractivity contribution in [2.75, 3.05) is 12.5 Å². The maximum atomic E-state index is 6.21. The SMILES string of the molecule is CCc1nc(-c2cc(Cl)c3c(c2)OCO3)c(N)n1CC. The van der Waals surface area contributed by atoms with Gasteiger partial charge in [-0.05, 0) is 19.1 Å². The van der Waals surface area contributed by atoms with Gasteiger partial charge in [0.1, 0.15) is 17.3 Å². The number of halogens is 1. The van der Waals surface area contributed by atoms with Crippen LogP contribution in [0.1, 0.15) is 19.7 Å². The summed E-state index contributed by atoms with van der Waals surface area (Å²) in [5.41, 5.74) is 7.79. The van der Waals surface area contributed by atoms with Crippen LogP contribution < -0.4 is 15.2 Å². The molecule has 0 radical (unpaired) electrons. The number of nitrogen functional groups attached to an aromatic ring is 1. The molecule has 0 atom stereocenters. The second kappa shape index (κ2) is 4.90. The van der Waals surface area contributed by atoms with Crippen molar-refractivity contribution < 1.29 is 9.47 Å². The molecule has 0 bridgehead atoms. The predicted octanol–water partition coefficient (Wildman–Crippen LogP) is 3.10. The van der Waals surface area contributed by atoms with E-state index in [-0.39, 0.29) is 6.79 Å². The monoisotopic (exact) mass is 293 g/mol. The van der Waals surface area contributed by atoms with Crippen molar-refractivity contribution in [1.29, 1.82) is 0 Å². The van der Waals surface area contributed by atoms with Crippen molar-refractivity contribution >= 4 is 17.4 Å². The highest BCUT2D eigenvalue weighted by molar-refractivity contribution is 6.32. The van der Waals surface area contributed by atoms with Gasteiger partial charge in [0.15, 0.2) is 11.5 Å². The number of imidazole rings is 1. The number of aryl methyl sites for hydroxylation is 1. The third-order valence-corrected chi connectivity index (χ3v) is 3.70. The van der Waals surface area contributed by atoms with Gasteiger partial charge in [0, 0.05) is 18.5 Å². The molecule has 5 nitrogen and oxygen atoms in total. The number of rotatable bonds is 3. The maximum absolute atomic E-state index is 6.21. The number of hydrogen-bond acceptors (Lipinski definition) is 4. The topological polar surface area (TPSA) is 62.3 Å². The van der Waals surface area contributed by atoms with Crippen LogP contribution in [-0.2, 0) is 13.0 Å². The van der Waals surface area contributed by atoms with Gasteiger partial charge < -0.3 is 19.8 Å². The second-order valence-electron chi connectivity index (χ2n) is 4.55. The van der Waals surface area contributed by atoms with Crippen LogP contribution in [0.25, 0.3) is 11.3 Å². The van der Waals surface area contributed by atoms with Gasteiger partial charge in [0.25, 0.3) is 0 Å². The molecule has 1 aliphatic heterocycles. The molecule has 2 aromatic rings. The quantitative estimate of drug-likeness (QED) is 0.944. The van der Waals surface area contributed by atoms with E-state index in [0.29, 0.717) is 22.3 Å². The van der Waals surface area contributed by atoms with E-state index in [9.17, 15) is 0 Å². The molecule has 20 heavy (non-hydrogen) atoms. The van der Waals surface area contributed by atoms with E-state index in [1.165, 1.54) is 0 Å². The van der Waals surface area contributed by atoms with Crippen molar-refractivity contribution in [3.63, 3.8) is 0 Å². The third-order valence-electron chi connectivity index (χ3n) is 3.42. The fraction of sp³-hybridized carbons (Fsp3) is 0.357. The Morgan fingerprint density at radius 1 is 1.35 bits per heavy atom. The first-order valence-corrected chi connectivity index (χ1v) is 6.97. The Morgan fingerprint density at radius 3 is 2.80 bits per heavy atom. The first kappa shape index (κ1) is 13.1. The van der Waals surface area contributed by atoms with E-state index in [4.69, 9.17) is 26.8 Å². The molecule has 0 saturated heterocycles. The summed E-state index contributed by atoms with van der Waals surface area (Å²) in [4.78, 5) is 4.62. The molecule has 1 aliphatic rings. The maximum Gasteiger partial charge on any atom is 0.231 e. The highest BCUT2D eigenvalue weighted by Gasteiger charge is 2.21. The number of hydrogen-bond donors (Lipinski definition) is 1. The van der Waals surface area contributed by atoms with Gasteiger partial charge in [-0.3, -0.25) is 0 Å². The van der Waals surface area contributed by atoms with E-state index >= 15 is 0 Å². The average molecular weight is 294 g/mol. The lowest BCUT2D eigenvalue weighted by molar-refractivity contribution is 0.174. The highest BCUT2D eigenvalue weighted by Crippen LogP contribution is 2.43. The number of benzene rings is 1. The first-order valence-electron chi connectivity index (χ1n) is 6.60. The summed E-state index contributed by atoms with van der Waals surface area (Å²) in [5.74, 6) is 2.84. The second-order valence-corrected chi connectivity index (χ2v) is 4.96. The van der Waals surface area contributed by atoms with Crippen LogP contribution in [-0.4, -0.2) is 16.3 Å². The standard InChI is InChI=1S/C14H16ClN3O2/c1-3-11-17-12(14(16)18(11)4-2)8-5-9(15)13-10(6-8)19-7-20-13/h5-6H,3-4,7,16H2,1-2H3. The fourth-order valence-corrected chi connectivity index (χ4v) is 2.72. The van der Waals surface area contributed by atoms with Crippen LogP contribution in [0, 0.1) is 0 Å². The van der Waals surface area contributed by atoms with E-state index in [0.717, 1.165) is 30.0 Å². The Bertz CT molecular complexity index is 667. The van der Waals surface area contributed by atoms with Crippen LogP contribution >= 0.6 is 11.6 Å². The minimum atomic E-state index is 0.192. The molecule has 1 aromatic carbocycles. The van der Waals surface area contributed by atoms with Gasteiger partial charge in [-0.15, -0.1) is 0 Å². The van der Waals surface area contributed by atoms with Gasteiger partial charge in [-0.25, -0.2) is 4.98 Å². The number of fused-ring (bicyclic) bond motifs is 1. The number of nitrogens with two attached hydrogens (primary N) is 1. The molecule has 0 aliphatic carbocycles. The molecule has 0 unspecified atom stereocenters. The Hall–Kier alpha value is -1.88. The summed E-state index contributed by atoms with van der Waals surface area (Å²) in [6.45, 7) is 5.09. The molecule has 0 saturated carbocycles. The van der Waals surface area contributed by atoms with Crippen molar-refractivity contribution in [2.24, 2.45) is 0 Å². The van der Waals surface area contributed by atoms with Gasteiger partial charge in [0.2, 0.25) is 6.79 Å². The fourth-order valence-electron chi connectivity index (χ4n) is 2.45. The zero-order valence-electron chi connectivity index (χ0n) is 11.4. The number of nitrogens with zero attached hydrogens (tertiary/aromatic N) is 2. The number of ether oxygens (including phenoxy) is 2. The number of anilines is 1. The Morgan fingerprint density at radius 2 is 2.15 bits per heavy atom. The summed E-state index contributed by atoms with van der Waals surface area (Å²) in [7, 11) is 0. The molecule has 1 aromatic heterocycles. The highest BCUT2D eigenvalue weighted by atomic mass is 35.5. The summed E-state index contributed by atoms with van der Waals surface area (Å²) >= 11 is 6.21. The molecule has 0 amide bonds. The Labute approximate surface area is 122 Å². The predicted molar refractivity (Wildman–Crippen MR) is 78.3 cm³/mol. The van der Waals surface area contributed by atoms with E-state index in [2.05, 4.69) is 11.9 Å². The molecule has 0 spiro atoms. The zero-order valence-corrected chi connectivity index (χ0v) is 12.2. The van der Waals surface area contributed by atoms with Gasteiger partial charge in [-0.2, -0.15) is 0 Å². The summed E-state index contributed by atoms with van der Waals surface area (Å²) < 4.78 is 12.7. The normalized spacial score (nSPS) is 12.9. The largest absolute Gasteiger partial charge is 0.454 e. The summed E-state index contributed by atoms with van der Waals surface area (Å²) in [6.07, 6.45) is 0.830. The lowest BCUT2D eigenvalue weighted by Gasteiger charge is -2.06. The van der Waals surface area contributed by atoms with E-state index < -0.39 is 0 Å². The minimum absolute atomic E-state index is 0.192. The van der Waals surface area contributed by atoms with Crippen LogP contribution in [0.5, 0.6) is 11.5 Å². The number of aromatic nitrogens is 2. The van der Waals surface area contributed by atoms with Crippen LogP contribution in [0.2, 0.25) is 5.02 Å². The zero-order chi connectivity index (χ0) is 14.3. The van der Waals surface area contributed by atoms with Crippen molar-refractivity contribution in [3.8, 4) is 22.8 Å². The molecule has 3 rings (SSSR count). The van der Waals surface area contributed by atoms with Crippen LogP contribution in [0.3, 0.4) is 0 Å². The molecule has 106 valence electrons. The third kappa shape index (κ3) is 1.89. The molecular formula is C14H16ClN3O2. The van der Waals surface area contributed by atoms with E-state index in [1.807, 2.05) is 23.6 Å². The smallest absolute Gasteiger partial charge is 0.231 e. The first-order chi connectivity index (χ1) is 9.65. The van der Waals surface area contributed by atoms with Gasteiger partial charge in [0.05, 0.1) is 5.02 Å². The van der Waals surface area contributed by atoms with Crippen LogP contribution in [0.15, 0.2) is 12.1 Å². The molecule has 2 N–H and O–H groups in total. The molecule has 6 heteroatoms. The summed E-state index contributed by atoms with van der Waals surface area (Å²) in [5, 5.41) is 0.512. The molecule has 0 fully saturated rings.